The lowest BCUT2D eigenvalue weighted by atomic mass is 9.79. The summed E-state index contributed by atoms with van der Waals surface area (Å²) >= 11 is 1.62. The van der Waals surface area contributed by atoms with E-state index in [1.807, 2.05) is 36.4 Å². The van der Waals surface area contributed by atoms with Crippen LogP contribution in [-0.2, 0) is 9.59 Å². The van der Waals surface area contributed by atoms with E-state index in [2.05, 4.69) is 30.5 Å². The molecule has 1 aromatic heterocycles. The number of hydrogen-bond donors (Lipinski definition) is 2. The fourth-order valence-electron chi connectivity index (χ4n) is 6.79. The molecule has 0 unspecified atom stereocenters. The standard InChI is InChI=1S/C35H47N3O2S/c1-3-5-9-24-13-17-26(18-14-24)33(39)36-28-21-22-30(29(23-28)35-38-31-11-7-8-12-32(31)41-35)37-34(40)27-19-15-25(16-20-27)10-6-4-2/h7-8,11-12,21-27H,3-6,9-10,13-20H2,1-2H3,(H,36,39)(H,37,40). The van der Waals surface area contributed by atoms with Crippen molar-refractivity contribution >= 4 is 44.7 Å². The maximum absolute atomic E-state index is 13.4. The van der Waals surface area contributed by atoms with Crippen molar-refractivity contribution in [3.05, 3.63) is 42.5 Å². The Morgan fingerprint density at radius 2 is 1.37 bits per heavy atom. The summed E-state index contributed by atoms with van der Waals surface area (Å²) in [6.45, 7) is 4.50. The van der Waals surface area contributed by atoms with Crippen molar-refractivity contribution in [1.82, 2.24) is 4.98 Å². The van der Waals surface area contributed by atoms with Gasteiger partial charge in [-0.25, -0.2) is 4.98 Å². The number of fused-ring (bicyclic) bond motifs is 1. The Balaban J connectivity index is 1.30. The average molecular weight is 574 g/mol. The molecule has 0 saturated heterocycles. The van der Waals surface area contributed by atoms with Gasteiger partial charge in [-0.15, -0.1) is 11.3 Å². The third-order valence-corrected chi connectivity index (χ3v) is 10.5. The molecule has 2 fully saturated rings. The number of aromatic nitrogens is 1. The molecule has 2 saturated carbocycles. The Morgan fingerprint density at radius 1 is 0.780 bits per heavy atom. The van der Waals surface area contributed by atoms with Gasteiger partial charge in [0.05, 0.1) is 15.9 Å². The summed E-state index contributed by atoms with van der Waals surface area (Å²) in [5.41, 5.74) is 3.37. The van der Waals surface area contributed by atoms with Crippen LogP contribution in [0.1, 0.15) is 104 Å². The lowest BCUT2D eigenvalue weighted by Gasteiger charge is -2.28. The third-order valence-electron chi connectivity index (χ3n) is 9.44. The maximum Gasteiger partial charge on any atom is 0.227 e. The number of anilines is 2. The van der Waals surface area contributed by atoms with Crippen LogP contribution in [0, 0.1) is 23.7 Å². The van der Waals surface area contributed by atoms with Crippen LogP contribution < -0.4 is 10.6 Å². The number of para-hydroxylation sites is 1. The van der Waals surface area contributed by atoms with Crippen molar-refractivity contribution in [2.45, 2.75) is 104 Å². The molecule has 220 valence electrons. The Kier molecular flexibility index (Phi) is 10.5. The predicted octanol–water partition coefficient (Wildman–Crippen LogP) is 9.83. The first-order chi connectivity index (χ1) is 20.0. The summed E-state index contributed by atoms with van der Waals surface area (Å²) < 4.78 is 1.11. The number of benzene rings is 2. The number of thiazole rings is 1. The molecular formula is C35H47N3O2S. The van der Waals surface area contributed by atoms with Gasteiger partial charge >= 0.3 is 0 Å². The Bertz CT molecular complexity index is 1270. The van der Waals surface area contributed by atoms with Crippen LogP contribution in [0.3, 0.4) is 0 Å². The molecule has 0 spiro atoms. The normalized spacial score (nSPS) is 22.9. The number of carbonyl (C=O) groups is 2. The van der Waals surface area contributed by atoms with Gasteiger partial charge in [0, 0.05) is 23.1 Å². The van der Waals surface area contributed by atoms with Gasteiger partial charge in [0.2, 0.25) is 11.8 Å². The van der Waals surface area contributed by atoms with Crippen molar-refractivity contribution in [1.29, 1.82) is 0 Å². The zero-order valence-electron chi connectivity index (χ0n) is 24.9. The fourth-order valence-corrected chi connectivity index (χ4v) is 7.78. The SMILES string of the molecule is CCCCC1CCC(C(=O)Nc2ccc(NC(=O)C3CCC(CCCC)CC3)c(-c3nc4ccccc4s3)c2)CC1. The first kappa shape index (κ1) is 29.8. The molecule has 2 amide bonds. The highest BCUT2D eigenvalue weighted by Gasteiger charge is 2.28. The van der Waals surface area contributed by atoms with E-state index in [1.165, 1.54) is 38.5 Å². The second-order valence-electron chi connectivity index (χ2n) is 12.4. The minimum absolute atomic E-state index is 0.0583. The maximum atomic E-state index is 13.4. The van der Waals surface area contributed by atoms with Crippen molar-refractivity contribution in [3.63, 3.8) is 0 Å². The molecule has 2 aromatic carbocycles. The molecule has 3 aromatic rings. The number of rotatable bonds is 11. The first-order valence-electron chi connectivity index (χ1n) is 16.2. The van der Waals surface area contributed by atoms with Crippen molar-refractivity contribution in [3.8, 4) is 10.6 Å². The van der Waals surface area contributed by atoms with Crippen LogP contribution in [0.15, 0.2) is 42.5 Å². The molecular weight excluding hydrogens is 526 g/mol. The number of unbranched alkanes of at least 4 members (excludes halogenated alkanes) is 2. The van der Waals surface area contributed by atoms with E-state index < -0.39 is 0 Å². The van der Waals surface area contributed by atoms with Gasteiger partial charge in [-0.05, 0) is 93.5 Å². The number of carbonyl (C=O) groups excluding carboxylic acids is 2. The smallest absolute Gasteiger partial charge is 0.227 e. The van der Waals surface area contributed by atoms with Crippen molar-refractivity contribution in [2.75, 3.05) is 10.6 Å². The van der Waals surface area contributed by atoms with Crippen LogP contribution in [0.2, 0.25) is 0 Å². The zero-order valence-corrected chi connectivity index (χ0v) is 25.7. The van der Waals surface area contributed by atoms with Gasteiger partial charge in [0.1, 0.15) is 5.01 Å². The van der Waals surface area contributed by atoms with E-state index in [9.17, 15) is 9.59 Å². The van der Waals surface area contributed by atoms with Gasteiger partial charge in [0.15, 0.2) is 0 Å². The average Bonchev–Trinajstić information content (AvgIpc) is 3.44. The molecule has 0 radical (unpaired) electrons. The molecule has 2 aliphatic carbocycles. The molecule has 6 heteroatoms. The topological polar surface area (TPSA) is 71.1 Å². The predicted molar refractivity (Wildman–Crippen MR) is 172 cm³/mol. The molecule has 0 bridgehead atoms. The molecule has 2 N–H and O–H groups in total. The number of hydrogen-bond acceptors (Lipinski definition) is 4. The summed E-state index contributed by atoms with van der Waals surface area (Å²) in [5, 5.41) is 7.32. The van der Waals surface area contributed by atoms with Crippen LogP contribution in [0.25, 0.3) is 20.8 Å². The van der Waals surface area contributed by atoms with E-state index in [0.717, 1.165) is 95.4 Å². The summed E-state index contributed by atoms with van der Waals surface area (Å²) in [4.78, 5) is 31.6. The highest BCUT2D eigenvalue weighted by Crippen LogP contribution is 2.39. The summed E-state index contributed by atoms with van der Waals surface area (Å²) in [5.74, 6) is 1.91. The van der Waals surface area contributed by atoms with Gasteiger partial charge in [-0.2, -0.15) is 0 Å². The van der Waals surface area contributed by atoms with Crippen LogP contribution >= 0.6 is 11.3 Å². The second kappa shape index (κ2) is 14.4. The quantitative estimate of drug-likeness (QED) is 0.240. The molecule has 0 atom stereocenters. The second-order valence-corrected chi connectivity index (χ2v) is 13.5. The molecule has 41 heavy (non-hydrogen) atoms. The van der Waals surface area contributed by atoms with Crippen LogP contribution in [-0.4, -0.2) is 16.8 Å². The van der Waals surface area contributed by atoms with E-state index in [0.29, 0.717) is 0 Å². The van der Waals surface area contributed by atoms with Crippen molar-refractivity contribution in [2.24, 2.45) is 23.7 Å². The monoisotopic (exact) mass is 573 g/mol. The Hall–Kier alpha value is -2.73. The van der Waals surface area contributed by atoms with Gasteiger partial charge in [-0.1, -0.05) is 64.5 Å². The Labute approximate surface area is 249 Å². The molecule has 1 heterocycles. The molecule has 0 aliphatic heterocycles. The number of nitrogens with one attached hydrogen (secondary N) is 2. The van der Waals surface area contributed by atoms with E-state index in [-0.39, 0.29) is 23.7 Å². The zero-order chi connectivity index (χ0) is 28.6. The van der Waals surface area contributed by atoms with Crippen molar-refractivity contribution < 1.29 is 9.59 Å². The lowest BCUT2D eigenvalue weighted by molar-refractivity contribution is -0.121. The number of amides is 2. The molecule has 5 nitrogen and oxygen atoms in total. The van der Waals surface area contributed by atoms with E-state index in [1.54, 1.807) is 11.3 Å². The summed E-state index contributed by atoms with van der Waals surface area (Å²) in [7, 11) is 0. The van der Waals surface area contributed by atoms with Gasteiger partial charge in [-0.3, -0.25) is 9.59 Å². The third kappa shape index (κ3) is 7.77. The first-order valence-corrected chi connectivity index (χ1v) is 17.0. The minimum Gasteiger partial charge on any atom is -0.326 e. The molecule has 5 rings (SSSR count). The Morgan fingerprint density at radius 3 is 1.95 bits per heavy atom. The van der Waals surface area contributed by atoms with Crippen LogP contribution in [0.4, 0.5) is 11.4 Å². The largest absolute Gasteiger partial charge is 0.326 e. The number of nitrogens with zero attached hydrogens (tertiary/aromatic N) is 1. The van der Waals surface area contributed by atoms with Gasteiger partial charge < -0.3 is 10.6 Å². The molecule has 2 aliphatic rings. The summed E-state index contributed by atoms with van der Waals surface area (Å²) in [6, 6.07) is 14.0. The van der Waals surface area contributed by atoms with E-state index >= 15 is 0 Å². The van der Waals surface area contributed by atoms with Gasteiger partial charge in [0.25, 0.3) is 0 Å². The minimum atomic E-state index is 0.0583. The van der Waals surface area contributed by atoms with E-state index in [4.69, 9.17) is 4.98 Å². The highest BCUT2D eigenvalue weighted by atomic mass is 32.1. The lowest BCUT2D eigenvalue weighted by Crippen LogP contribution is -2.28. The summed E-state index contributed by atoms with van der Waals surface area (Å²) in [6.07, 6.45) is 16.1. The van der Waals surface area contributed by atoms with Crippen LogP contribution in [0.5, 0.6) is 0 Å². The fraction of sp³-hybridized carbons (Fsp3) is 0.571. The highest BCUT2D eigenvalue weighted by molar-refractivity contribution is 7.21.